The smallest absolute Gasteiger partial charge is 0.0885 e. The third-order valence-corrected chi connectivity index (χ3v) is 21.7. The zero-order chi connectivity index (χ0) is 76.5. The summed E-state index contributed by atoms with van der Waals surface area (Å²) < 4.78 is 0. The van der Waals surface area contributed by atoms with E-state index in [1.54, 1.807) is 0 Å². The standard InChI is InChI=1S/C108H76N6/c1-3-91(73-37-49-79(50-38-73)103-33-15-19-61-109-103)92(4-2)85-65-86(98-28-10-5-23-93(98)74-39-51-80(52-40-74)104-34-16-20-62-110-104)67-87(66-85)99-29-11-6-26-96(99)77-45-57-83(58-46-77)107-71-114-108(72-113-107)84-59-47-78(48-60-84)97-27-9-14-32-102(97)90-69-88(100-30-12-7-24-94(100)75-41-53-81(54-42-75)105-35-17-21-63-111-105)68-89(70-90)101-31-13-8-25-95(101)76-43-55-82(56-44-76)106-36-18-22-64-112-106/h3-72,97,102H,1-2H2/b92-91-. The maximum absolute atomic E-state index is 5.08. The number of allylic oxidation sites excluding steroid dienone is 8. The minimum atomic E-state index is 0.0207. The molecule has 538 valence electrons. The lowest BCUT2D eigenvalue weighted by molar-refractivity contribution is 0.730. The largest absolute Gasteiger partial charge is 0.256 e. The summed E-state index contributed by atoms with van der Waals surface area (Å²) >= 11 is 0. The Morgan fingerprint density at radius 3 is 0.763 bits per heavy atom. The number of nitrogens with zero attached hydrogens (tertiary/aromatic N) is 6. The molecule has 0 saturated carbocycles. The van der Waals surface area contributed by atoms with Crippen LogP contribution in [0.1, 0.15) is 34.1 Å². The van der Waals surface area contributed by atoms with Crippen LogP contribution in [0.15, 0.2) is 439 Å². The molecule has 1 aliphatic carbocycles. The molecule has 18 rings (SSSR count). The van der Waals surface area contributed by atoms with Crippen LogP contribution >= 0.6 is 0 Å². The summed E-state index contributed by atoms with van der Waals surface area (Å²) in [7, 11) is 0. The van der Waals surface area contributed by atoms with Gasteiger partial charge in [-0.2, -0.15) is 0 Å². The molecule has 0 fully saturated rings. The van der Waals surface area contributed by atoms with Gasteiger partial charge in [0, 0.05) is 70.0 Å². The number of pyridine rings is 4. The number of benzene rings is 12. The van der Waals surface area contributed by atoms with Gasteiger partial charge >= 0.3 is 0 Å². The maximum atomic E-state index is 5.08. The van der Waals surface area contributed by atoms with Gasteiger partial charge in [0.05, 0.1) is 46.6 Å². The third kappa shape index (κ3) is 14.8. The summed E-state index contributed by atoms with van der Waals surface area (Å²) in [6.07, 6.45) is 24.2. The van der Waals surface area contributed by atoms with Crippen molar-refractivity contribution in [1.82, 2.24) is 29.9 Å². The monoisotopic (exact) mass is 1460 g/mol. The lowest BCUT2D eigenvalue weighted by Crippen LogP contribution is -2.10. The number of rotatable bonds is 20. The molecular formula is C108H76N6. The molecule has 17 aromatic rings. The first-order valence-corrected chi connectivity index (χ1v) is 38.5. The molecule has 0 amide bonds. The van der Waals surface area contributed by atoms with Crippen molar-refractivity contribution in [2.75, 3.05) is 0 Å². The summed E-state index contributed by atoms with van der Waals surface area (Å²) in [4.78, 5) is 28.7. The van der Waals surface area contributed by atoms with Crippen molar-refractivity contribution >= 4 is 11.1 Å². The third-order valence-electron chi connectivity index (χ3n) is 21.7. The zero-order valence-corrected chi connectivity index (χ0v) is 62.7. The van der Waals surface area contributed by atoms with Crippen LogP contribution in [-0.2, 0) is 0 Å². The minimum Gasteiger partial charge on any atom is -0.256 e. The molecule has 2 atom stereocenters. The normalized spacial score (nSPS) is 13.2. The summed E-state index contributed by atoms with van der Waals surface area (Å²) in [5.41, 5.74) is 35.9. The Labute approximate surface area is 666 Å². The lowest BCUT2D eigenvalue weighted by Gasteiger charge is -2.27. The Kier molecular flexibility index (Phi) is 20.0. The molecule has 0 spiro atoms. The fraction of sp³-hybridized carbons (Fsp3) is 0.0185. The summed E-state index contributed by atoms with van der Waals surface area (Å²) in [6.45, 7) is 8.85. The van der Waals surface area contributed by atoms with E-state index >= 15 is 0 Å². The molecule has 5 heterocycles. The van der Waals surface area contributed by atoms with E-state index in [1.165, 1.54) is 11.1 Å². The first kappa shape index (κ1) is 70.7. The van der Waals surface area contributed by atoms with Crippen LogP contribution in [0.2, 0.25) is 0 Å². The van der Waals surface area contributed by atoms with E-state index in [4.69, 9.17) is 9.97 Å². The molecule has 6 heteroatoms. The van der Waals surface area contributed by atoms with Crippen molar-refractivity contribution in [2.24, 2.45) is 0 Å². The van der Waals surface area contributed by atoms with Crippen LogP contribution in [0.3, 0.4) is 0 Å². The molecule has 5 aromatic heterocycles. The molecule has 2 unspecified atom stereocenters. The molecule has 0 N–H and O–H groups in total. The highest BCUT2D eigenvalue weighted by Crippen LogP contribution is 2.47. The fourth-order valence-corrected chi connectivity index (χ4v) is 15.9. The van der Waals surface area contributed by atoms with E-state index < -0.39 is 0 Å². The van der Waals surface area contributed by atoms with Gasteiger partial charge in [-0.3, -0.25) is 29.9 Å². The van der Waals surface area contributed by atoms with E-state index in [0.717, 1.165) is 179 Å². The summed E-state index contributed by atoms with van der Waals surface area (Å²) in [5.74, 6) is 0.0661. The molecule has 0 saturated heterocycles. The highest BCUT2D eigenvalue weighted by Gasteiger charge is 2.26. The van der Waals surface area contributed by atoms with Gasteiger partial charge < -0.3 is 0 Å². The Morgan fingerprint density at radius 2 is 0.465 bits per heavy atom. The van der Waals surface area contributed by atoms with Crippen molar-refractivity contribution < 1.29 is 0 Å². The van der Waals surface area contributed by atoms with Gasteiger partial charge in [0.25, 0.3) is 0 Å². The van der Waals surface area contributed by atoms with Crippen molar-refractivity contribution in [3.05, 3.63) is 461 Å². The van der Waals surface area contributed by atoms with Crippen molar-refractivity contribution in [3.63, 3.8) is 0 Å². The van der Waals surface area contributed by atoms with Gasteiger partial charge in [0.1, 0.15) is 0 Å². The van der Waals surface area contributed by atoms with Crippen molar-refractivity contribution in [1.29, 1.82) is 0 Å². The van der Waals surface area contributed by atoms with Crippen LogP contribution in [-0.4, -0.2) is 29.9 Å². The zero-order valence-electron chi connectivity index (χ0n) is 62.7. The maximum Gasteiger partial charge on any atom is 0.0885 e. The molecule has 0 bridgehead atoms. The Hall–Kier alpha value is -15.0. The SMILES string of the molecule is C=C/C(=C(\C=C)c1cc(-c2ccccc2-c2ccc(-c3ccccn3)cc2)cc(-c2ccccc2-c2ccc(-c3cnc(-c4ccc(C5C=CC=CC5c5cc(-c6ccccc6-c6ccc(-c7ccccn7)cc6)cc(-c6ccccc6-c6ccc(-c7ccccn7)cc6)c5)cc4)cn3)cc2)c1)c1ccc(-c2ccccn2)cc1. The predicted molar refractivity (Wildman–Crippen MR) is 473 cm³/mol. The van der Waals surface area contributed by atoms with Crippen LogP contribution < -0.4 is 0 Å². The summed E-state index contributed by atoms with van der Waals surface area (Å²) in [6, 6.07) is 126. The number of hydrogen-bond donors (Lipinski definition) is 0. The van der Waals surface area contributed by atoms with E-state index in [9.17, 15) is 0 Å². The fourth-order valence-electron chi connectivity index (χ4n) is 15.9. The number of aromatic nitrogens is 6. The topological polar surface area (TPSA) is 77.3 Å². The summed E-state index contributed by atoms with van der Waals surface area (Å²) in [5, 5.41) is 0. The quantitative estimate of drug-likeness (QED) is 0.0559. The van der Waals surface area contributed by atoms with E-state index in [0.29, 0.717) is 0 Å². The van der Waals surface area contributed by atoms with E-state index in [2.05, 4.69) is 349 Å². The molecule has 114 heavy (non-hydrogen) atoms. The van der Waals surface area contributed by atoms with Crippen LogP contribution in [0, 0.1) is 0 Å². The molecular weight excluding hydrogens is 1380 g/mol. The van der Waals surface area contributed by atoms with Crippen molar-refractivity contribution in [3.8, 4) is 157 Å². The predicted octanol–water partition coefficient (Wildman–Crippen LogP) is 27.7. The molecule has 6 nitrogen and oxygen atoms in total. The molecule has 0 aliphatic heterocycles. The second kappa shape index (κ2) is 32.3. The Morgan fingerprint density at radius 1 is 0.211 bits per heavy atom. The second-order valence-corrected chi connectivity index (χ2v) is 28.5. The van der Waals surface area contributed by atoms with Crippen molar-refractivity contribution in [2.45, 2.75) is 11.8 Å². The molecule has 12 aromatic carbocycles. The Balaban J connectivity index is 0.642. The van der Waals surface area contributed by atoms with Gasteiger partial charge in [-0.25, -0.2) is 0 Å². The van der Waals surface area contributed by atoms with Crippen LogP contribution in [0.25, 0.3) is 168 Å². The highest BCUT2D eigenvalue weighted by atomic mass is 14.8. The first-order valence-electron chi connectivity index (χ1n) is 38.5. The van der Waals surface area contributed by atoms with Gasteiger partial charge in [0.15, 0.2) is 0 Å². The first-order chi connectivity index (χ1) is 56.4. The van der Waals surface area contributed by atoms with Crippen LogP contribution in [0.4, 0.5) is 0 Å². The van der Waals surface area contributed by atoms with Crippen LogP contribution in [0.5, 0.6) is 0 Å². The molecule has 1 aliphatic rings. The van der Waals surface area contributed by atoms with Gasteiger partial charge in [-0.05, 0) is 195 Å². The van der Waals surface area contributed by atoms with Gasteiger partial charge in [0.2, 0.25) is 0 Å². The van der Waals surface area contributed by atoms with Gasteiger partial charge in [-0.15, -0.1) is 0 Å². The second-order valence-electron chi connectivity index (χ2n) is 28.5. The minimum absolute atomic E-state index is 0.0207. The van der Waals surface area contributed by atoms with E-state index in [-0.39, 0.29) is 11.8 Å². The average Bonchev–Trinajstić information content (AvgIpc) is 0.771. The molecule has 0 radical (unpaired) electrons. The van der Waals surface area contributed by atoms with Gasteiger partial charge in [-0.1, -0.05) is 329 Å². The average molecular weight is 1460 g/mol. The number of hydrogen-bond acceptors (Lipinski definition) is 6. The Bertz CT molecular complexity index is 6270. The lowest BCUT2D eigenvalue weighted by atomic mass is 9.77. The highest BCUT2D eigenvalue weighted by molar-refractivity contribution is 6.02. The van der Waals surface area contributed by atoms with E-state index in [1.807, 2.05) is 110 Å².